The fraction of sp³-hybridized carbons (Fsp3) is 0.353. The summed E-state index contributed by atoms with van der Waals surface area (Å²) in [7, 11) is 0. The molecule has 2 aromatic rings. The van der Waals surface area contributed by atoms with Crippen molar-refractivity contribution >= 4 is 16.7 Å². The smallest absolute Gasteiger partial charge is 0.252 e. The molecule has 3 heteroatoms. The minimum Gasteiger partial charge on any atom is -0.349 e. The van der Waals surface area contributed by atoms with Gasteiger partial charge >= 0.3 is 0 Å². The van der Waals surface area contributed by atoms with E-state index in [1.165, 1.54) is 0 Å². The van der Waals surface area contributed by atoms with Gasteiger partial charge in [-0.3, -0.25) is 4.79 Å². The summed E-state index contributed by atoms with van der Waals surface area (Å²) >= 11 is 0. The molecule has 3 nitrogen and oxygen atoms in total. The maximum atomic E-state index is 12.5. The zero-order valence-electron chi connectivity index (χ0n) is 11.7. The van der Waals surface area contributed by atoms with Crippen molar-refractivity contribution in [2.45, 2.75) is 31.8 Å². The van der Waals surface area contributed by atoms with E-state index in [2.05, 4.69) is 17.6 Å². The SMILES string of the molecule is CC1CC(NC(=O)c2cccc3ccccc23)CCN1. The van der Waals surface area contributed by atoms with Crippen molar-refractivity contribution in [2.24, 2.45) is 0 Å². The molecule has 0 aliphatic carbocycles. The van der Waals surface area contributed by atoms with Crippen molar-refractivity contribution < 1.29 is 4.79 Å². The number of rotatable bonds is 2. The van der Waals surface area contributed by atoms with Gasteiger partial charge < -0.3 is 10.6 Å². The first kappa shape index (κ1) is 13.1. The lowest BCUT2D eigenvalue weighted by atomic mass is 9.99. The van der Waals surface area contributed by atoms with Crippen LogP contribution in [-0.4, -0.2) is 24.5 Å². The summed E-state index contributed by atoms with van der Waals surface area (Å²) in [5, 5.41) is 8.71. The van der Waals surface area contributed by atoms with Crippen LogP contribution in [0.25, 0.3) is 10.8 Å². The monoisotopic (exact) mass is 268 g/mol. The maximum Gasteiger partial charge on any atom is 0.252 e. The first-order chi connectivity index (χ1) is 9.74. The highest BCUT2D eigenvalue weighted by atomic mass is 16.1. The molecule has 0 spiro atoms. The van der Waals surface area contributed by atoms with Crippen LogP contribution in [0.3, 0.4) is 0 Å². The minimum atomic E-state index is 0.0425. The summed E-state index contributed by atoms with van der Waals surface area (Å²) in [6.45, 7) is 3.14. The molecule has 20 heavy (non-hydrogen) atoms. The van der Waals surface area contributed by atoms with Crippen LogP contribution in [0.5, 0.6) is 0 Å². The lowest BCUT2D eigenvalue weighted by Gasteiger charge is -2.28. The van der Waals surface area contributed by atoms with E-state index in [0.29, 0.717) is 6.04 Å². The zero-order valence-corrected chi connectivity index (χ0v) is 11.7. The topological polar surface area (TPSA) is 41.1 Å². The molecule has 2 unspecified atom stereocenters. The van der Waals surface area contributed by atoms with Crippen molar-refractivity contribution in [3.8, 4) is 0 Å². The number of amides is 1. The van der Waals surface area contributed by atoms with Gasteiger partial charge in [-0.1, -0.05) is 36.4 Å². The second-order valence-electron chi connectivity index (χ2n) is 5.58. The van der Waals surface area contributed by atoms with Gasteiger partial charge in [-0.2, -0.15) is 0 Å². The molecule has 1 heterocycles. The lowest BCUT2D eigenvalue weighted by molar-refractivity contribution is 0.0927. The normalized spacial score (nSPS) is 22.6. The van der Waals surface area contributed by atoms with Gasteiger partial charge in [-0.05, 0) is 43.1 Å². The van der Waals surface area contributed by atoms with Gasteiger partial charge in [0.15, 0.2) is 0 Å². The van der Waals surface area contributed by atoms with Crippen molar-refractivity contribution in [1.82, 2.24) is 10.6 Å². The molecule has 0 saturated carbocycles. The van der Waals surface area contributed by atoms with Crippen LogP contribution >= 0.6 is 0 Å². The predicted octanol–water partition coefficient (Wildman–Crippen LogP) is 2.71. The molecule has 2 aromatic carbocycles. The molecule has 2 atom stereocenters. The summed E-state index contributed by atoms with van der Waals surface area (Å²) in [5.41, 5.74) is 0.772. The van der Waals surface area contributed by atoms with E-state index in [1.54, 1.807) is 0 Å². The molecule has 1 aliphatic rings. The summed E-state index contributed by atoms with van der Waals surface area (Å²) < 4.78 is 0. The standard InChI is InChI=1S/C17H20N2O/c1-12-11-14(9-10-18-12)19-17(20)16-8-4-6-13-5-2-3-7-15(13)16/h2-8,12,14,18H,9-11H2,1H3,(H,19,20). The predicted molar refractivity (Wildman–Crippen MR) is 81.9 cm³/mol. The van der Waals surface area contributed by atoms with Gasteiger partial charge in [-0.15, -0.1) is 0 Å². The fourth-order valence-electron chi connectivity index (χ4n) is 2.95. The Bertz CT molecular complexity index is 618. The van der Waals surface area contributed by atoms with Crippen LogP contribution in [0.4, 0.5) is 0 Å². The Morgan fingerprint density at radius 1 is 1.20 bits per heavy atom. The summed E-state index contributed by atoms with van der Waals surface area (Å²) in [5.74, 6) is 0.0425. The van der Waals surface area contributed by atoms with Gasteiger partial charge in [0.1, 0.15) is 0 Å². The van der Waals surface area contributed by atoms with E-state index in [0.717, 1.165) is 35.7 Å². The van der Waals surface area contributed by atoms with Crippen molar-refractivity contribution in [2.75, 3.05) is 6.54 Å². The van der Waals surface area contributed by atoms with Crippen LogP contribution in [-0.2, 0) is 0 Å². The van der Waals surface area contributed by atoms with E-state index in [9.17, 15) is 4.79 Å². The number of hydrogen-bond acceptors (Lipinski definition) is 2. The number of carbonyl (C=O) groups excluding carboxylic acids is 1. The molecule has 2 N–H and O–H groups in total. The number of benzene rings is 2. The van der Waals surface area contributed by atoms with Gasteiger partial charge in [-0.25, -0.2) is 0 Å². The Hall–Kier alpha value is -1.87. The average molecular weight is 268 g/mol. The van der Waals surface area contributed by atoms with Gasteiger partial charge in [0.25, 0.3) is 5.91 Å². The molecule has 104 valence electrons. The van der Waals surface area contributed by atoms with Gasteiger partial charge in [0.05, 0.1) is 0 Å². The molecule has 1 saturated heterocycles. The zero-order chi connectivity index (χ0) is 13.9. The summed E-state index contributed by atoms with van der Waals surface area (Å²) in [6, 6.07) is 14.7. The summed E-state index contributed by atoms with van der Waals surface area (Å²) in [4.78, 5) is 12.5. The first-order valence-corrected chi connectivity index (χ1v) is 7.26. The average Bonchev–Trinajstić information content (AvgIpc) is 2.46. The second kappa shape index (κ2) is 5.63. The number of piperidine rings is 1. The Labute approximate surface area is 119 Å². The highest BCUT2D eigenvalue weighted by molar-refractivity contribution is 6.07. The third kappa shape index (κ3) is 2.68. The molecular formula is C17H20N2O. The Morgan fingerprint density at radius 3 is 2.85 bits per heavy atom. The third-order valence-electron chi connectivity index (χ3n) is 3.99. The maximum absolute atomic E-state index is 12.5. The van der Waals surface area contributed by atoms with Crippen LogP contribution < -0.4 is 10.6 Å². The Kier molecular flexibility index (Phi) is 3.70. The minimum absolute atomic E-state index is 0.0425. The fourth-order valence-corrected chi connectivity index (χ4v) is 2.95. The first-order valence-electron chi connectivity index (χ1n) is 7.26. The van der Waals surface area contributed by atoms with Crippen LogP contribution in [0.1, 0.15) is 30.1 Å². The molecule has 1 fully saturated rings. The van der Waals surface area contributed by atoms with Gasteiger partial charge in [0, 0.05) is 17.6 Å². The van der Waals surface area contributed by atoms with E-state index in [1.807, 2.05) is 42.5 Å². The van der Waals surface area contributed by atoms with Crippen molar-refractivity contribution in [1.29, 1.82) is 0 Å². The Balaban J connectivity index is 1.82. The molecule has 3 rings (SSSR count). The van der Waals surface area contributed by atoms with E-state index >= 15 is 0 Å². The summed E-state index contributed by atoms with van der Waals surface area (Å²) in [6.07, 6.45) is 2.00. The van der Waals surface area contributed by atoms with Crippen molar-refractivity contribution in [3.05, 3.63) is 48.0 Å². The van der Waals surface area contributed by atoms with Crippen molar-refractivity contribution in [3.63, 3.8) is 0 Å². The Morgan fingerprint density at radius 2 is 2.00 bits per heavy atom. The number of nitrogens with one attached hydrogen (secondary N) is 2. The molecule has 1 amide bonds. The number of hydrogen-bond donors (Lipinski definition) is 2. The van der Waals surface area contributed by atoms with Gasteiger partial charge in [0.2, 0.25) is 0 Å². The molecular weight excluding hydrogens is 248 g/mol. The molecule has 0 aromatic heterocycles. The highest BCUT2D eigenvalue weighted by Crippen LogP contribution is 2.19. The lowest BCUT2D eigenvalue weighted by Crippen LogP contribution is -2.46. The molecule has 0 bridgehead atoms. The van der Waals surface area contributed by atoms with Crippen LogP contribution in [0, 0.1) is 0 Å². The molecule has 0 radical (unpaired) electrons. The number of carbonyl (C=O) groups is 1. The van der Waals surface area contributed by atoms with E-state index < -0.39 is 0 Å². The number of fused-ring (bicyclic) bond motifs is 1. The molecule has 1 aliphatic heterocycles. The van der Waals surface area contributed by atoms with E-state index in [4.69, 9.17) is 0 Å². The third-order valence-corrected chi connectivity index (χ3v) is 3.99. The van der Waals surface area contributed by atoms with Crippen LogP contribution in [0.15, 0.2) is 42.5 Å². The second-order valence-corrected chi connectivity index (χ2v) is 5.58. The highest BCUT2D eigenvalue weighted by Gasteiger charge is 2.21. The quantitative estimate of drug-likeness (QED) is 0.879. The largest absolute Gasteiger partial charge is 0.349 e. The van der Waals surface area contributed by atoms with E-state index in [-0.39, 0.29) is 11.9 Å². The van der Waals surface area contributed by atoms with Crippen LogP contribution in [0.2, 0.25) is 0 Å².